The number of aryl methyl sites for hydroxylation is 1. The lowest BCUT2D eigenvalue weighted by molar-refractivity contribution is 0.356. The molecule has 0 saturated carbocycles. The van der Waals surface area contributed by atoms with Gasteiger partial charge in [0, 0.05) is 26.0 Å². The summed E-state index contributed by atoms with van der Waals surface area (Å²) in [5.74, 6) is 0.736. The van der Waals surface area contributed by atoms with Crippen molar-refractivity contribution in [2.45, 2.75) is 24.1 Å². The van der Waals surface area contributed by atoms with E-state index in [9.17, 15) is 8.42 Å². The fourth-order valence-corrected chi connectivity index (χ4v) is 4.36. The number of halogens is 1. The fraction of sp³-hybridized carbons (Fsp3) is 0.600. The van der Waals surface area contributed by atoms with Crippen LogP contribution in [0.15, 0.2) is 23.1 Å². The highest BCUT2D eigenvalue weighted by molar-refractivity contribution is 7.89. The van der Waals surface area contributed by atoms with Crippen molar-refractivity contribution in [3.63, 3.8) is 0 Å². The van der Waals surface area contributed by atoms with E-state index in [1.807, 2.05) is 13.0 Å². The Kier molecular flexibility index (Phi) is 5.30. The number of sulfonamides is 1. The average Bonchev–Trinajstić information content (AvgIpc) is 2.84. The van der Waals surface area contributed by atoms with Crippen LogP contribution in [-0.4, -0.2) is 51.4 Å². The highest BCUT2D eigenvalue weighted by atomic mass is 35.5. The fourth-order valence-electron chi connectivity index (χ4n) is 2.77. The molecule has 0 aromatic heterocycles. The molecule has 0 amide bonds. The molecule has 1 aliphatic rings. The lowest BCUT2D eigenvalue weighted by Gasteiger charge is -2.21. The summed E-state index contributed by atoms with van der Waals surface area (Å²) >= 11 is 5.87. The van der Waals surface area contributed by atoms with Gasteiger partial charge in [-0.25, -0.2) is 12.7 Å². The van der Waals surface area contributed by atoms with Crippen LogP contribution in [0, 0.1) is 12.8 Å². The van der Waals surface area contributed by atoms with Gasteiger partial charge in [0.2, 0.25) is 10.0 Å². The maximum Gasteiger partial charge on any atom is 0.242 e. The first-order valence-electron chi connectivity index (χ1n) is 7.15. The quantitative estimate of drug-likeness (QED) is 0.778. The summed E-state index contributed by atoms with van der Waals surface area (Å²) in [6.07, 6.45) is 1.05. The third-order valence-electron chi connectivity index (χ3n) is 4.18. The molecular weight excluding hydrogens is 308 g/mol. The minimum absolute atomic E-state index is 0.326. The van der Waals surface area contributed by atoms with Crippen LogP contribution in [-0.2, 0) is 15.9 Å². The van der Waals surface area contributed by atoms with Gasteiger partial charge in [-0.1, -0.05) is 6.07 Å². The van der Waals surface area contributed by atoms with Crippen LogP contribution in [0.2, 0.25) is 0 Å². The summed E-state index contributed by atoms with van der Waals surface area (Å²) in [6, 6.07) is 5.18. The van der Waals surface area contributed by atoms with Gasteiger partial charge < -0.3 is 4.90 Å². The van der Waals surface area contributed by atoms with Crippen molar-refractivity contribution in [2.24, 2.45) is 5.92 Å². The number of benzene rings is 1. The Morgan fingerprint density at radius 1 is 1.43 bits per heavy atom. The van der Waals surface area contributed by atoms with Crippen LogP contribution in [0.1, 0.15) is 17.5 Å². The predicted molar refractivity (Wildman–Crippen MR) is 86.2 cm³/mol. The largest absolute Gasteiger partial charge is 0.306 e. The van der Waals surface area contributed by atoms with Crippen molar-refractivity contribution >= 4 is 21.6 Å². The Morgan fingerprint density at radius 2 is 2.14 bits per heavy atom. The Morgan fingerprint density at radius 3 is 2.71 bits per heavy atom. The molecule has 1 aliphatic heterocycles. The molecule has 0 bridgehead atoms. The molecule has 0 N–H and O–H groups in total. The van der Waals surface area contributed by atoms with E-state index in [2.05, 4.69) is 11.9 Å². The molecule has 1 aromatic carbocycles. The molecule has 0 spiro atoms. The summed E-state index contributed by atoms with van der Waals surface area (Å²) in [7, 11) is 0.294. The number of hydrogen-bond acceptors (Lipinski definition) is 3. The number of hydrogen-bond donors (Lipinski definition) is 0. The van der Waals surface area contributed by atoms with Crippen molar-refractivity contribution in [3.05, 3.63) is 29.3 Å². The van der Waals surface area contributed by atoms with E-state index in [1.54, 1.807) is 19.2 Å². The smallest absolute Gasteiger partial charge is 0.242 e. The van der Waals surface area contributed by atoms with Crippen molar-refractivity contribution in [1.82, 2.24) is 9.21 Å². The average molecular weight is 331 g/mol. The van der Waals surface area contributed by atoms with E-state index in [0.29, 0.717) is 23.2 Å². The van der Waals surface area contributed by atoms with Gasteiger partial charge in [0.05, 0.1) is 4.90 Å². The van der Waals surface area contributed by atoms with Gasteiger partial charge in [-0.3, -0.25) is 0 Å². The molecule has 0 aliphatic carbocycles. The summed E-state index contributed by atoms with van der Waals surface area (Å²) in [5, 5.41) is 0. The number of likely N-dealkylation sites (tertiary alicyclic amines) is 1. The van der Waals surface area contributed by atoms with E-state index in [1.165, 1.54) is 4.31 Å². The van der Waals surface area contributed by atoms with Crippen LogP contribution in [0.4, 0.5) is 0 Å². The lowest BCUT2D eigenvalue weighted by atomic mass is 10.1. The molecule has 1 fully saturated rings. The molecule has 0 radical (unpaired) electrons. The maximum absolute atomic E-state index is 12.7. The van der Waals surface area contributed by atoms with E-state index in [-0.39, 0.29) is 0 Å². The van der Waals surface area contributed by atoms with Gasteiger partial charge in [0.25, 0.3) is 0 Å². The maximum atomic E-state index is 12.7. The zero-order valence-electron chi connectivity index (χ0n) is 12.8. The van der Waals surface area contributed by atoms with E-state index in [4.69, 9.17) is 11.6 Å². The number of nitrogens with zero attached hydrogens (tertiary/aromatic N) is 2. The van der Waals surface area contributed by atoms with E-state index >= 15 is 0 Å². The van der Waals surface area contributed by atoms with Gasteiger partial charge in [-0.05, 0) is 56.1 Å². The predicted octanol–water partition coefficient (Wildman–Crippen LogP) is 2.31. The van der Waals surface area contributed by atoms with Crippen molar-refractivity contribution in [1.29, 1.82) is 0 Å². The third kappa shape index (κ3) is 3.77. The monoisotopic (exact) mass is 330 g/mol. The second kappa shape index (κ2) is 6.65. The molecule has 21 heavy (non-hydrogen) atoms. The summed E-state index contributed by atoms with van der Waals surface area (Å²) in [5.41, 5.74) is 1.88. The minimum Gasteiger partial charge on any atom is -0.306 e. The summed E-state index contributed by atoms with van der Waals surface area (Å²) in [4.78, 5) is 2.57. The standard InChI is InChI=1S/C15H23ClN2O2S/c1-12-4-5-15(8-14(12)9-16)21(19,20)18(3)11-13-6-7-17(2)10-13/h4-5,8,13H,6-7,9-11H2,1-3H3. The summed E-state index contributed by atoms with van der Waals surface area (Å²) < 4.78 is 26.8. The van der Waals surface area contributed by atoms with Gasteiger partial charge in [-0.2, -0.15) is 0 Å². The molecule has 4 nitrogen and oxygen atoms in total. The second-order valence-electron chi connectivity index (χ2n) is 5.92. The van der Waals surface area contributed by atoms with Crippen LogP contribution in [0.25, 0.3) is 0 Å². The van der Waals surface area contributed by atoms with Crippen LogP contribution >= 0.6 is 11.6 Å². The number of rotatable bonds is 5. The molecule has 118 valence electrons. The first-order chi connectivity index (χ1) is 9.84. The molecule has 1 saturated heterocycles. The van der Waals surface area contributed by atoms with Gasteiger partial charge >= 0.3 is 0 Å². The Bertz CT molecular complexity index is 604. The Labute approximate surface area is 132 Å². The zero-order valence-corrected chi connectivity index (χ0v) is 14.4. The topological polar surface area (TPSA) is 40.6 Å². The SMILES string of the molecule is Cc1ccc(S(=O)(=O)N(C)CC2CCN(C)C2)cc1CCl. The second-order valence-corrected chi connectivity index (χ2v) is 8.24. The normalized spacial score (nSPS) is 20.3. The zero-order chi connectivity index (χ0) is 15.6. The molecule has 1 unspecified atom stereocenters. The first kappa shape index (κ1) is 16.7. The number of alkyl halides is 1. The van der Waals surface area contributed by atoms with Crippen molar-refractivity contribution < 1.29 is 8.42 Å². The lowest BCUT2D eigenvalue weighted by Crippen LogP contribution is -2.33. The molecule has 1 heterocycles. The first-order valence-corrected chi connectivity index (χ1v) is 9.12. The summed E-state index contributed by atoms with van der Waals surface area (Å²) in [6.45, 7) is 4.50. The molecule has 1 aromatic rings. The van der Waals surface area contributed by atoms with E-state index < -0.39 is 10.0 Å². The van der Waals surface area contributed by atoms with Crippen LogP contribution in [0.3, 0.4) is 0 Å². The van der Waals surface area contributed by atoms with Gasteiger partial charge in [-0.15, -0.1) is 11.6 Å². The third-order valence-corrected chi connectivity index (χ3v) is 6.28. The Balaban J connectivity index is 2.17. The van der Waals surface area contributed by atoms with Gasteiger partial charge in [0.1, 0.15) is 0 Å². The van der Waals surface area contributed by atoms with Gasteiger partial charge in [0.15, 0.2) is 0 Å². The van der Waals surface area contributed by atoms with Crippen LogP contribution < -0.4 is 0 Å². The van der Waals surface area contributed by atoms with Crippen molar-refractivity contribution in [3.8, 4) is 0 Å². The molecule has 2 rings (SSSR count). The Hall–Kier alpha value is -0.620. The molecule has 1 atom stereocenters. The van der Waals surface area contributed by atoms with E-state index in [0.717, 1.165) is 30.6 Å². The van der Waals surface area contributed by atoms with Crippen LogP contribution in [0.5, 0.6) is 0 Å². The van der Waals surface area contributed by atoms with Crippen molar-refractivity contribution in [2.75, 3.05) is 33.7 Å². The highest BCUT2D eigenvalue weighted by Crippen LogP contribution is 2.22. The molecular formula is C15H23ClN2O2S. The minimum atomic E-state index is -3.44. The molecule has 6 heteroatoms. The highest BCUT2D eigenvalue weighted by Gasteiger charge is 2.27.